The average molecular weight is 599 g/mol. The van der Waals surface area contributed by atoms with Gasteiger partial charge in [0, 0.05) is 38.2 Å². The molecule has 0 aliphatic carbocycles. The molecule has 1 fully saturated rings. The summed E-state index contributed by atoms with van der Waals surface area (Å²) in [7, 11) is 0. The van der Waals surface area contributed by atoms with E-state index < -0.39 is 17.3 Å². The highest BCUT2D eigenvalue weighted by atomic mass is 16.6. The highest BCUT2D eigenvalue weighted by molar-refractivity contribution is 6.04. The number of ether oxygens (including phenoxy) is 3. The molecule has 3 N–H and O–H groups in total. The van der Waals surface area contributed by atoms with Crippen LogP contribution >= 0.6 is 0 Å². The first-order chi connectivity index (χ1) is 20.3. The van der Waals surface area contributed by atoms with E-state index in [-0.39, 0.29) is 25.2 Å². The van der Waals surface area contributed by atoms with Crippen molar-refractivity contribution in [1.29, 1.82) is 0 Å². The van der Waals surface area contributed by atoms with E-state index in [4.69, 9.17) is 19.2 Å². The van der Waals surface area contributed by atoms with Crippen molar-refractivity contribution in [3.8, 4) is 5.75 Å². The number of nitrogens with one attached hydrogen (secondary N) is 2. The van der Waals surface area contributed by atoms with E-state index in [0.717, 1.165) is 12.8 Å². The summed E-state index contributed by atoms with van der Waals surface area (Å²) in [6.07, 6.45) is 2.79. The zero-order valence-corrected chi connectivity index (χ0v) is 26.4. The van der Waals surface area contributed by atoms with Gasteiger partial charge in [0.1, 0.15) is 34.4 Å². The molecule has 1 saturated heterocycles. The van der Waals surface area contributed by atoms with Crippen LogP contribution in [0, 0.1) is 0 Å². The molecular formula is C31H46N6O6. The number of amidine groups is 1. The summed E-state index contributed by atoms with van der Waals surface area (Å²) in [4.78, 5) is 35.0. The second-order valence-electron chi connectivity index (χ2n) is 12.6. The number of piperidine rings is 1. The topological polar surface area (TPSA) is 128 Å². The van der Waals surface area contributed by atoms with Crippen molar-refractivity contribution in [2.24, 2.45) is 4.99 Å². The Bertz CT molecular complexity index is 1260. The van der Waals surface area contributed by atoms with E-state index in [1.165, 1.54) is 4.90 Å². The van der Waals surface area contributed by atoms with Gasteiger partial charge in [-0.15, -0.1) is 0 Å². The standard InChI is InChI=1S/C31H46N6O6/c1-8-41-23-13-11-22(12-14-23)36(29(40)43-31(5,6)7)27-24(16-19-38)26(34-25-15-17-32-37(25)27)33-21-10-9-18-35(20-21)28(39)42-30(2,3)4/h11-15,21,32,38H,8-10,16-20H2,1-7H3,(H,33,34)/t21-/m0/s1. The molecule has 1 atom stereocenters. The Morgan fingerprint density at radius 2 is 1.79 bits per heavy atom. The Kier molecular flexibility index (Phi) is 9.91. The number of anilines is 1. The van der Waals surface area contributed by atoms with Crippen LogP contribution in [0.1, 0.15) is 67.7 Å². The summed E-state index contributed by atoms with van der Waals surface area (Å²) in [5.74, 6) is 2.40. The number of hydrogen-bond acceptors (Lipinski definition) is 9. The van der Waals surface area contributed by atoms with Crippen LogP contribution in [0.3, 0.4) is 0 Å². The highest BCUT2D eigenvalue weighted by Crippen LogP contribution is 2.34. The lowest BCUT2D eigenvalue weighted by Crippen LogP contribution is -2.53. The molecule has 2 amide bonds. The predicted molar refractivity (Wildman–Crippen MR) is 164 cm³/mol. The number of aliphatic hydroxyl groups excluding tert-OH is 1. The molecule has 0 unspecified atom stereocenters. The van der Waals surface area contributed by atoms with Crippen molar-refractivity contribution in [1.82, 2.24) is 20.7 Å². The first-order valence-electron chi connectivity index (χ1n) is 15.0. The quantitative estimate of drug-likeness (QED) is 0.416. The van der Waals surface area contributed by atoms with E-state index in [0.29, 0.717) is 60.7 Å². The van der Waals surface area contributed by atoms with Gasteiger partial charge in [0.2, 0.25) is 0 Å². The third kappa shape index (κ3) is 8.20. The van der Waals surface area contributed by atoms with Crippen molar-refractivity contribution < 1.29 is 28.9 Å². The maximum Gasteiger partial charge on any atom is 0.420 e. The predicted octanol–water partition coefficient (Wildman–Crippen LogP) is 4.48. The number of aliphatic hydroxyl groups is 1. The Balaban J connectivity index is 1.79. The minimum Gasteiger partial charge on any atom is -0.494 e. The number of benzene rings is 1. The number of hydrazine groups is 1. The largest absolute Gasteiger partial charge is 0.494 e. The number of carbonyl (C=O) groups excluding carboxylic acids is 2. The first kappa shape index (κ1) is 32.2. The maximum absolute atomic E-state index is 13.9. The van der Waals surface area contributed by atoms with Crippen LogP contribution in [0.15, 0.2) is 52.5 Å². The molecule has 4 rings (SSSR count). The number of rotatable bonds is 7. The second-order valence-corrected chi connectivity index (χ2v) is 12.6. The van der Waals surface area contributed by atoms with Crippen LogP contribution in [0.4, 0.5) is 15.3 Å². The molecule has 0 radical (unpaired) electrons. The molecule has 1 aromatic rings. The van der Waals surface area contributed by atoms with Crippen molar-refractivity contribution >= 4 is 23.7 Å². The Morgan fingerprint density at radius 3 is 2.42 bits per heavy atom. The average Bonchev–Trinajstić information content (AvgIpc) is 3.38. The van der Waals surface area contributed by atoms with Crippen molar-refractivity contribution in [2.75, 3.05) is 37.7 Å². The van der Waals surface area contributed by atoms with Crippen molar-refractivity contribution in [3.05, 3.63) is 47.6 Å². The van der Waals surface area contributed by atoms with Gasteiger partial charge >= 0.3 is 12.2 Å². The Morgan fingerprint density at radius 1 is 1.09 bits per heavy atom. The van der Waals surface area contributed by atoms with Crippen molar-refractivity contribution in [2.45, 2.75) is 85.0 Å². The highest BCUT2D eigenvalue weighted by Gasteiger charge is 2.39. The van der Waals surface area contributed by atoms with Crippen LogP contribution < -0.4 is 20.4 Å². The van der Waals surface area contributed by atoms with Crippen LogP contribution in [0.2, 0.25) is 0 Å². The number of hydrogen-bond donors (Lipinski definition) is 3. The van der Waals surface area contributed by atoms with Gasteiger partial charge in [-0.25, -0.2) is 24.9 Å². The van der Waals surface area contributed by atoms with Crippen LogP contribution in [-0.2, 0) is 9.47 Å². The normalized spacial score (nSPS) is 20.0. The van der Waals surface area contributed by atoms with Crippen LogP contribution in [-0.4, -0.2) is 83.1 Å². The fourth-order valence-corrected chi connectivity index (χ4v) is 5.05. The van der Waals surface area contributed by atoms with E-state index in [1.54, 1.807) is 34.2 Å². The van der Waals surface area contributed by atoms with Gasteiger partial charge < -0.3 is 29.5 Å². The van der Waals surface area contributed by atoms with E-state index in [9.17, 15) is 14.7 Å². The van der Waals surface area contributed by atoms with Gasteiger partial charge in [0.25, 0.3) is 0 Å². The zero-order chi connectivity index (χ0) is 31.4. The third-order valence-electron chi connectivity index (χ3n) is 6.72. The van der Waals surface area contributed by atoms with Gasteiger partial charge in [0.05, 0.1) is 18.3 Å². The molecule has 0 spiro atoms. The Labute approximate surface area is 254 Å². The summed E-state index contributed by atoms with van der Waals surface area (Å²) in [6, 6.07) is 7.01. The fourth-order valence-electron chi connectivity index (χ4n) is 5.05. The lowest BCUT2D eigenvalue weighted by molar-refractivity contribution is 0.0200. The molecule has 0 bridgehead atoms. The molecule has 3 aliphatic heterocycles. The van der Waals surface area contributed by atoms with E-state index in [2.05, 4.69) is 10.7 Å². The molecule has 0 aromatic heterocycles. The lowest BCUT2D eigenvalue weighted by Gasteiger charge is -2.40. The molecule has 12 nitrogen and oxygen atoms in total. The maximum atomic E-state index is 13.9. The lowest BCUT2D eigenvalue weighted by atomic mass is 10.0. The Hall–Kier alpha value is -3.77. The molecule has 12 heteroatoms. The van der Waals surface area contributed by atoms with E-state index in [1.807, 2.05) is 54.5 Å². The SMILES string of the molecule is CCOc1ccc(N(C(=O)OC(C)(C)C)C2=C(CCO)C(=N[C@H]3CCCN(C(=O)OC(C)(C)C)C3)NC3=CCNN32)cc1. The molecule has 3 aliphatic rings. The number of nitrogens with zero attached hydrogens (tertiary/aromatic N) is 4. The summed E-state index contributed by atoms with van der Waals surface area (Å²) in [5.41, 5.74) is 3.14. The summed E-state index contributed by atoms with van der Waals surface area (Å²) >= 11 is 0. The summed E-state index contributed by atoms with van der Waals surface area (Å²) in [5, 5.41) is 15.4. The summed E-state index contributed by atoms with van der Waals surface area (Å²) < 4.78 is 17.1. The first-order valence-corrected chi connectivity index (χ1v) is 15.0. The summed E-state index contributed by atoms with van der Waals surface area (Å²) in [6.45, 7) is 14.8. The molecule has 0 saturated carbocycles. The number of aliphatic imine (C=N–C) groups is 1. The minimum absolute atomic E-state index is 0.174. The number of likely N-dealkylation sites (tertiary alicyclic amines) is 1. The molecule has 236 valence electrons. The molecule has 1 aromatic carbocycles. The van der Waals surface area contributed by atoms with Gasteiger partial charge in [-0.3, -0.25) is 4.99 Å². The smallest absolute Gasteiger partial charge is 0.420 e. The molecular weight excluding hydrogens is 552 g/mol. The van der Waals surface area contributed by atoms with Crippen LogP contribution in [0.25, 0.3) is 0 Å². The number of fused-ring (bicyclic) bond motifs is 1. The van der Waals surface area contributed by atoms with Gasteiger partial charge in [-0.05, 0) is 91.6 Å². The molecule has 3 heterocycles. The number of amides is 2. The van der Waals surface area contributed by atoms with Gasteiger partial charge in [0.15, 0.2) is 0 Å². The third-order valence-corrected chi connectivity index (χ3v) is 6.72. The van der Waals surface area contributed by atoms with Gasteiger partial charge in [-0.1, -0.05) is 0 Å². The fraction of sp³-hybridized carbons (Fsp3) is 0.581. The zero-order valence-electron chi connectivity index (χ0n) is 26.4. The minimum atomic E-state index is -0.757. The monoisotopic (exact) mass is 598 g/mol. The molecule has 43 heavy (non-hydrogen) atoms. The van der Waals surface area contributed by atoms with Crippen LogP contribution in [0.5, 0.6) is 5.75 Å². The second kappa shape index (κ2) is 13.3. The van der Waals surface area contributed by atoms with Gasteiger partial charge in [-0.2, -0.15) is 0 Å². The number of carbonyl (C=O) groups is 2. The van der Waals surface area contributed by atoms with Crippen molar-refractivity contribution in [3.63, 3.8) is 0 Å². The van der Waals surface area contributed by atoms with E-state index >= 15 is 0 Å².